The maximum Gasteiger partial charge on any atom is 0.318 e. The second-order valence-electron chi connectivity index (χ2n) is 5.35. The molecule has 6 heteroatoms. The SMILES string of the molecule is O=C(NCc1cccs1)N(CCc1cccs1)Cc1cccnc1. The van der Waals surface area contributed by atoms with Crippen LogP contribution >= 0.6 is 22.7 Å². The topological polar surface area (TPSA) is 45.2 Å². The molecule has 2 amide bonds. The van der Waals surface area contributed by atoms with Gasteiger partial charge in [0.15, 0.2) is 0 Å². The monoisotopic (exact) mass is 357 g/mol. The summed E-state index contributed by atoms with van der Waals surface area (Å²) in [7, 11) is 0. The minimum absolute atomic E-state index is 0.0381. The molecule has 0 saturated heterocycles. The lowest BCUT2D eigenvalue weighted by Gasteiger charge is -2.23. The number of urea groups is 1. The van der Waals surface area contributed by atoms with Gasteiger partial charge in [-0.1, -0.05) is 18.2 Å². The van der Waals surface area contributed by atoms with Gasteiger partial charge < -0.3 is 10.2 Å². The lowest BCUT2D eigenvalue weighted by atomic mass is 10.2. The molecule has 3 aromatic heterocycles. The van der Waals surface area contributed by atoms with E-state index in [1.54, 1.807) is 28.9 Å². The van der Waals surface area contributed by atoms with Gasteiger partial charge in [0.2, 0.25) is 0 Å². The molecule has 0 spiro atoms. The van der Waals surface area contributed by atoms with Crippen LogP contribution in [-0.2, 0) is 19.5 Å². The quantitative estimate of drug-likeness (QED) is 0.690. The smallest absolute Gasteiger partial charge is 0.318 e. The van der Waals surface area contributed by atoms with E-state index in [1.165, 1.54) is 4.88 Å². The number of hydrogen-bond donors (Lipinski definition) is 1. The first kappa shape index (κ1) is 16.7. The molecule has 3 aromatic rings. The van der Waals surface area contributed by atoms with Crippen molar-refractivity contribution in [3.63, 3.8) is 0 Å². The zero-order valence-electron chi connectivity index (χ0n) is 13.2. The molecule has 4 nitrogen and oxygen atoms in total. The number of amides is 2. The van der Waals surface area contributed by atoms with Crippen molar-refractivity contribution in [1.82, 2.24) is 15.2 Å². The molecule has 0 radical (unpaired) electrons. The number of rotatable bonds is 7. The maximum atomic E-state index is 12.6. The molecule has 0 aliphatic heterocycles. The third-order valence-corrected chi connectivity index (χ3v) is 5.40. The van der Waals surface area contributed by atoms with Crippen molar-refractivity contribution in [1.29, 1.82) is 0 Å². The minimum Gasteiger partial charge on any atom is -0.333 e. The van der Waals surface area contributed by atoms with E-state index in [0.717, 1.165) is 16.9 Å². The van der Waals surface area contributed by atoms with Gasteiger partial charge in [-0.05, 0) is 40.9 Å². The Morgan fingerprint density at radius 1 is 1.08 bits per heavy atom. The minimum atomic E-state index is -0.0381. The lowest BCUT2D eigenvalue weighted by Crippen LogP contribution is -2.40. The van der Waals surface area contributed by atoms with Crippen molar-refractivity contribution in [3.05, 3.63) is 74.9 Å². The van der Waals surface area contributed by atoms with E-state index in [1.807, 2.05) is 46.8 Å². The summed E-state index contributed by atoms with van der Waals surface area (Å²) in [6, 6.07) is 12.0. The highest BCUT2D eigenvalue weighted by Crippen LogP contribution is 2.12. The summed E-state index contributed by atoms with van der Waals surface area (Å²) in [5.74, 6) is 0. The molecule has 0 saturated carbocycles. The Morgan fingerprint density at radius 2 is 1.88 bits per heavy atom. The summed E-state index contributed by atoms with van der Waals surface area (Å²) in [5, 5.41) is 7.10. The molecule has 1 N–H and O–H groups in total. The summed E-state index contributed by atoms with van der Waals surface area (Å²) in [6.07, 6.45) is 4.42. The Kier molecular flexibility index (Phi) is 5.98. The highest BCUT2D eigenvalue weighted by molar-refractivity contribution is 7.10. The number of carbonyl (C=O) groups is 1. The zero-order valence-corrected chi connectivity index (χ0v) is 14.9. The van der Waals surface area contributed by atoms with Crippen molar-refractivity contribution < 1.29 is 4.79 Å². The molecule has 3 heterocycles. The predicted octanol–water partition coefficient (Wildman–Crippen LogP) is 4.16. The lowest BCUT2D eigenvalue weighted by molar-refractivity contribution is 0.195. The number of aromatic nitrogens is 1. The Balaban J connectivity index is 1.62. The third kappa shape index (κ3) is 4.91. The van der Waals surface area contributed by atoms with Gasteiger partial charge in [0.25, 0.3) is 0 Å². The van der Waals surface area contributed by atoms with Crippen LogP contribution in [0.4, 0.5) is 4.79 Å². The van der Waals surface area contributed by atoms with E-state index >= 15 is 0 Å². The van der Waals surface area contributed by atoms with Crippen LogP contribution in [0.5, 0.6) is 0 Å². The van der Waals surface area contributed by atoms with Gasteiger partial charge in [-0.3, -0.25) is 4.98 Å². The van der Waals surface area contributed by atoms with Crippen LogP contribution in [0.25, 0.3) is 0 Å². The molecular weight excluding hydrogens is 338 g/mol. The molecule has 0 fully saturated rings. The number of pyridine rings is 1. The fourth-order valence-electron chi connectivity index (χ4n) is 2.35. The van der Waals surface area contributed by atoms with Crippen molar-refractivity contribution in [2.75, 3.05) is 6.54 Å². The average molecular weight is 358 g/mol. The van der Waals surface area contributed by atoms with Crippen LogP contribution in [0.15, 0.2) is 59.6 Å². The Bertz CT molecular complexity index is 727. The predicted molar refractivity (Wildman–Crippen MR) is 99.2 cm³/mol. The van der Waals surface area contributed by atoms with E-state index in [4.69, 9.17) is 0 Å². The summed E-state index contributed by atoms with van der Waals surface area (Å²) >= 11 is 3.38. The number of carbonyl (C=O) groups excluding carboxylic acids is 1. The van der Waals surface area contributed by atoms with Gasteiger partial charge in [-0.15, -0.1) is 22.7 Å². The molecular formula is C18H19N3OS2. The van der Waals surface area contributed by atoms with Crippen LogP contribution in [0, 0.1) is 0 Å². The van der Waals surface area contributed by atoms with E-state index in [2.05, 4.69) is 21.7 Å². The molecule has 0 atom stereocenters. The number of thiophene rings is 2. The van der Waals surface area contributed by atoms with Gasteiger partial charge in [0, 0.05) is 35.2 Å². The Morgan fingerprint density at radius 3 is 2.54 bits per heavy atom. The maximum absolute atomic E-state index is 12.6. The molecule has 24 heavy (non-hydrogen) atoms. The van der Waals surface area contributed by atoms with Gasteiger partial charge in [-0.25, -0.2) is 4.79 Å². The van der Waals surface area contributed by atoms with Gasteiger partial charge in [-0.2, -0.15) is 0 Å². The van der Waals surface area contributed by atoms with Crippen molar-refractivity contribution in [2.45, 2.75) is 19.5 Å². The van der Waals surface area contributed by atoms with Crippen LogP contribution in [0.3, 0.4) is 0 Å². The number of hydrogen-bond acceptors (Lipinski definition) is 4. The van der Waals surface area contributed by atoms with E-state index in [-0.39, 0.29) is 6.03 Å². The van der Waals surface area contributed by atoms with E-state index in [9.17, 15) is 4.79 Å². The normalized spacial score (nSPS) is 10.5. The fourth-order valence-corrected chi connectivity index (χ4v) is 3.69. The Labute approximate surface area is 149 Å². The molecule has 0 aliphatic rings. The molecule has 0 aliphatic carbocycles. The number of nitrogens with one attached hydrogen (secondary N) is 1. The highest BCUT2D eigenvalue weighted by atomic mass is 32.1. The third-order valence-electron chi connectivity index (χ3n) is 3.59. The number of nitrogens with zero attached hydrogens (tertiary/aromatic N) is 2. The van der Waals surface area contributed by atoms with Crippen molar-refractivity contribution >= 4 is 28.7 Å². The van der Waals surface area contributed by atoms with Crippen molar-refractivity contribution in [2.24, 2.45) is 0 Å². The van der Waals surface area contributed by atoms with E-state index in [0.29, 0.717) is 19.6 Å². The summed E-state index contributed by atoms with van der Waals surface area (Å²) in [5.41, 5.74) is 1.04. The summed E-state index contributed by atoms with van der Waals surface area (Å²) < 4.78 is 0. The van der Waals surface area contributed by atoms with E-state index < -0.39 is 0 Å². The molecule has 124 valence electrons. The van der Waals surface area contributed by atoms with Crippen LogP contribution in [-0.4, -0.2) is 22.5 Å². The largest absolute Gasteiger partial charge is 0.333 e. The summed E-state index contributed by atoms with van der Waals surface area (Å²) in [4.78, 5) is 21.0. The average Bonchev–Trinajstić information content (AvgIpc) is 3.31. The summed E-state index contributed by atoms with van der Waals surface area (Å²) in [6.45, 7) is 1.82. The second-order valence-corrected chi connectivity index (χ2v) is 7.41. The molecule has 3 rings (SSSR count). The van der Waals surface area contributed by atoms with Crippen molar-refractivity contribution in [3.8, 4) is 0 Å². The van der Waals surface area contributed by atoms with Crippen LogP contribution < -0.4 is 5.32 Å². The van der Waals surface area contributed by atoms with Gasteiger partial charge in [0.05, 0.1) is 6.54 Å². The Hall–Kier alpha value is -2.18. The first-order chi connectivity index (χ1) is 11.8. The second kappa shape index (κ2) is 8.61. The molecule has 0 aromatic carbocycles. The fraction of sp³-hybridized carbons (Fsp3) is 0.222. The first-order valence-electron chi connectivity index (χ1n) is 7.78. The molecule has 0 bridgehead atoms. The standard InChI is InChI=1S/C18H19N3OS2/c22-18(20-13-17-6-3-11-24-17)21(9-7-16-5-2-10-23-16)14-15-4-1-8-19-12-15/h1-6,8,10-12H,7,9,13-14H2,(H,20,22). The van der Waals surface area contributed by atoms with Gasteiger partial charge >= 0.3 is 6.03 Å². The molecule has 0 unspecified atom stereocenters. The highest BCUT2D eigenvalue weighted by Gasteiger charge is 2.14. The first-order valence-corrected chi connectivity index (χ1v) is 9.53. The van der Waals surface area contributed by atoms with Gasteiger partial charge in [0.1, 0.15) is 0 Å². The zero-order chi connectivity index (χ0) is 16.6. The van der Waals surface area contributed by atoms with Crippen LogP contribution in [0.2, 0.25) is 0 Å². The van der Waals surface area contributed by atoms with Crippen LogP contribution in [0.1, 0.15) is 15.3 Å².